The van der Waals surface area contributed by atoms with Crippen molar-refractivity contribution in [3.05, 3.63) is 87.9 Å². The van der Waals surface area contributed by atoms with Gasteiger partial charge in [0, 0.05) is 16.8 Å². The summed E-state index contributed by atoms with van der Waals surface area (Å²) in [7, 11) is 1.62. The molecule has 1 aromatic heterocycles. The van der Waals surface area contributed by atoms with E-state index in [0.717, 1.165) is 22.6 Å². The Morgan fingerprint density at radius 1 is 1.09 bits per heavy atom. The average Bonchev–Trinajstić information content (AvgIpc) is 3.30. The number of thioether (sulfide) groups is 1. The number of hydrazone groups is 1. The Kier molecular flexibility index (Phi) is 8.07. The molecule has 3 aromatic carbocycles. The Morgan fingerprint density at radius 3 is 2.54 bits per heavy atom. The van der Waals surface area contributed by atoms with Crippen LogP contribution in [0.15, 0.2) is 77.0 Å². The molecule has 0 spiro atoms. The van der Waals surface area contributed by atoms with Gasteiger partial charge in [-0.2, -0.15) is 5.10 Å². The highest BCUT2D eigenvalue weighted by Gasteiger charge is 2.17. The van der Waals surface area contributed by atoms with E-state index in [9.17, 15) is 4.79 Å². The summed E-state index contributed by atoms with van der Waals surface area (Å²) in [4.78, 5) is 12.4. The molecule has 0 fully saturated rings. The number of aromatic nitrogens is 3. The molecule has 0 unspecified atom stereocenters. The smallest absolute Gasteiger partial charge is 0.250 e. The lowest BCUT2D eigenvalue weighted by atomic mass is 10.2. The van der Waals surface area contributed by atoms with E-state index in [2.05, 4.69) is 20.7 Å². The van der Waals surface area contributed by atoms with E-state index in [1.165, 1.54) is 18.0 Å². The van der Waals surface area contributed by atoms with Gasteiger partial charge in [0.25, 0.3) is 5.91 Å². The first-order chi connectivity index (χ1) is 17.0. The van der Waals surface area contributed by atoms with Crippen molar-refractivity contribution in [2.75, 3.05) is 12.9 Å². The lowest BCUT2D eigenvalue weighted by Gasteiger charge is -2.11. The van der Waals surface area contributed by atoms with Crippen LogP contribution in [0.2, 0.25) is 10.0 Å². The first-order valence-electron chi connectivity index (χ1n) is 10.5. The van der Waals surface area contributed by atoms with E-state index >= 15 is 0 Å². The maximum Gasteiger partial charge on any atom is 0.250 e. The Bertz CT molecular complexity index is 1360. The third-order valence-corrected chi connectivity index (χ3v) is 6.74. The second kappa shape index (κ2) is 11.4. The van der Waals surface area contributed by atoms with E-state index in [-0.39, 0.29) is 11.7 Å². The van der Waals surface area contributed by atoms with Gasteiger partial charge in [-0.15, -0.1) is 10.2 Å². The van der Waals surface area contributed by atoms with Gasteiger partial charge in [-0.05, 0) is 49.4 Å². The second-order valence-corrected chi connectivity index (χ2v) is 9.16. The highest BCUT2D eigenvalue weighted by molar-refractivity contribution is 7.99. The van der Waals surface area contributed by atoms with Crippen molar-refractivity contribution in [2.24, 2.45) is 5.10 Å². The zero-order valence-electron chi connectivity index (χ0n) is 18.9. The van der Waals surface area contributed by atoms with Crippen LogP contribution in [0, 0.1) is 6.92 Å². The number of methoxy groups -OCH3 is 1. The van der Waals surface area contributed by atoms with E-state index in [4.69, 9.17) is 27.9 Å². The number of nitrogens with zero attached hydrogens (tertiary/aromatic N) is 4. The molecule has 1 N–H and O–H groups in total. The van der Waals surface area contributed by atoms with Crippen LogP contribution in [0.25, 0.3) is 17.1 Å². The molecular formula is C25H21Cl2N5O2S. The fourth-order valence-electron chi connectivity index (χ4n) is 3.17. The van der Waals surface area contributed by atoms with Crippen LogP contribution in [0.3, 0.4) is 0 Å². The van der Waals surface area contributed by atoms with Gasteiger partial charge in [0.05, 0.1) is 29.1 Å². The maximum atomic E-state index is 12.4. The molecule has 0 saturated heterocycles. The number of amides is 1. The van der Waals surface area contributed by atoms with E-state index < -0.39 is 0 Å². The van der Waals surface area contributed by atoms with Crippen molar-refractivity contribution in [3.8, 4) is 22.8 Å². The molecule has 178 valence electrons. The standard InChI is InChI=1S/C25H21Cl2N5O2S/c1-16-6-10-19(11-7-16)32-24(17-8-12-20(34-2)13-9-17)30-31-25(32)35-15-22(33)29-28-14-18-4-3-5-21(26)23(18)27/h3-14H,15H2,1-2H3,(H,29,33). The molecule has 0 aliphatic heterocycles. The molecule has 1 heterocycles. The monoisotopic (exact) mass is 525 g/mol. The molecule has 0 bridgehead atoms. The van der Waals surface area contributed by atoms with Gasteiger partial charge >= 0.3 is 0 Å². The summed E-state index contributed by atoms with van der Waals surface area (Å²) < 4.78 is 7.18. The van der Waals surface area contributed by atoms with Crippen molar-refractivity contribution in [3.63, 3.8) is 0 Å². The van der Waals surface area contributed by atoms with Gasteiger partial charge in [0.15, 0.2) is 11.0 Å². The number of ether oxygens (including phenoxy) is 1. The molecule has 7 nitrogen and oxygen atoms in total. The molecule has 0 aliphatic rings. The molecule has 10 heteroatoms. The SMILES string of the molecule is COc1ccc(-c2nnc(SCC(=O)NN=Cc3cccc(Cl)c3Cl)n2-c2ccc(C)cc2)cc1. The lowest BCUT2D eigenvalue weighted by molar-refractivity contribution is -0.118. The van der Waals surface area contributed by atoms with Crippen LogP contribution >= 0.6 is 35.0 Å². The number of halogens is 2. The Morgan fingerprint density at radius 2 is 1.83 bits per heavy atom. The van der Waals surface area contributed by atoms with Crippen LogP contribution in [-0.4, -0.2) is 39.7 Å². The van der Waals surface area contributed by atoms with E-state index in [1.54, 1.807) is 25.3 Å². The molecule has 4 aromatic rings. The summed E-state index contributed by atoms with van der Waals surface area (Å²) in [5.74, 6) is 1.20. The van der Waals surface area contributed by atoms with Gasteiger partial charge < -0.3 is 4.74 Å². The maximum absolute atomic E-state index is 12.4. The largest absolute Gasteiger partial charge is 0.497 e. The van der Waals surface area contributed by atoms with Crippen molar-refractivity contribution in [2.45, 2.75) is 12.1 Å². The van der Waals surface area contributed by atoms with Gasteiger partial charge in [0.1, 0.15) is 5.75 Å². The summed E-state index contributed by atoms with van der Waals surface area (Å²) in [5.41, 5.74) is 6.01. The summed E-state index contributed by atoms with van der Waals surface area (Å²) in [5, 5.41) is 14.1. The predicted octanol–water partition coefficient (Wildman–Crippen LogP) is 5.80. The number of carbonyl (C=O) groups is 1. The zero-order chi connectivity index (χ0) is 24.8. The number of rotatable bonds is 8. The van der Waals surface area contributed by atoms with Gasteiger partial charge in [-0.25, -0.2) is 5.43 Å². The molecule has 0 aliphatic carbocycles. The molecule has 0 radical (unpaired) electrons. The minimum absolute atomic E-state index is 0.0905. The summed E-state index contributed by atoms with van der Waals surface area (Å²) in [6.07, 6.45) is 1.45. The van der Waals surface area contributed by atoms with Crippen LogP contribution in [-0.2, 0) is 4.79 Å². The van der Waals surface area contributed by atoms with E-state index in [1.807, 2.05) is 60.0 Å². The predicted molar refractivity (Wildman–Crippen MR) is 141 cm³/mol. The lowest BCUT2D eigenvalue weighted by Crippen LogP contribution is -2.20. The number of hydrogen-bond donors (Lipinski definition) is 1. The molecule has 0 saturated carbocycles. The van der Waals surface area contributed by atoms with E-state index in [0.29, 0.717) is 26.6 Å². The van der Waals surface area contributed by atoms with Gasteiger partial charge in [0.2, 0.25) is 0 Å². The van der Waals surface area contributed by atoms with Crippen LogP contribution in [0.5, 0.6) is 5.75 Å². The molecule has 0 atom stereocenters. The number of carbonyl (C=O) groups excluding carboxylic acids is 1. The van der Waals surface area contributed by atoms with Crippen molar-refractivity contribution in [1.82, 2.24) is 20.2 Å². The molecule has 4 rings (SSSR count). The van der Waals surface area contributed by atoms with Crippen molar-refractivity contribution in [1.29, 1.82) is 0 Å². The number of nitrogens with one attached hydrogen (secondary N) is 1. The summed E-state index contributed by atoms with van der Waals surface area (Å²) in [6.45, 7) is 2.03. The van der Waals surface area contributed by atoms with Crippen LogP contribution in [0.1, 0.15) is 11.1 Å². The highest BCUT2D eigenvalue weighted by Crippen LogP contribution is 2.29. The third kappa shape index (κ3) is 6.03. The Hall–Kier alpha value is -3.33. The van der Waals surface area contributed by atoms with Crippen molar-refractivity contribution < 1.29 is 9.53 Å². The average molecular weight is 526 g/mol. The highest BCUT2D eigenvalue weighted by atomic mass is 35.5. The number of benzene rings is 3. The number of aryl methyl sites for hydroxylation is 1. The van der Waals surface area contributed by atoms with Gasteiger partial charge in [-0.1, -0.05) is 64.8 Å². The minimum atomic E-state index is -0.297. The van der Waals surface area contributed by atoms with Crippen molar-refractivity contribution >= 4 is 47.1 Å². The molecular weight excluding hydrogens is 505 g/mol. The van der Waals surface area contributed by atoms with Crippen LogP contribution < -0.4 is 10.2 Å². The Labute approximate surface area is 217 Å². The van der Waals surface area contributed by atoms with Gasteiger partial charge in [-0.3, -0.25) is 9.36 Å². The summed E-state index contributed by atoms with van der Waals surface area (Å²) in [6, 6.07) is 20.8. The molecule has 35 heavy (non-hydrogen) atoms. The summed E-state index contributed by atoms with van der Waals surface area (Å²) >= 11 is 13.4. The Balaban J connectivity index is 1.52. The quantitative estimate of drug-likeness (QED) is 0.178. The topological polar surface area (TPSA) is 81.4 Å². The minimum Gasteiger partial charge on any atom is -0.497 e. The zero-order valence-corrected chi connectivity index (χ0v) is 21.2. The fourth-order valence-corrected chi connectivity index (χ4v) is 4.27. The van der Waals surface area contributed by atoms with Crippen LogP contribution in [0.4, 0.5) is 0 Å². The number of hydrogen-bond acceptors (Lipinski definition) is 6. The molecule has 1 amide bonds. The third-order valence-electron chi connectivity index (χ3n) is 4.98. The first kappa shape index (κ1) is 24.8. The fraction of sp³-hybridized carbons (Fsp3) is 0.120. The normalized spacial score (nSPS) is 11.1. The first-order valence-corrected chi connectivity index (χ1v) is 12.3. The second-order valence-electron chi connectivity index (χ2n) is 7.43.